The zero-order valence-electron chi connectivity index (χ0n) is 16.9. The second-order valence-corrected chi connectivity index (χ2v) is 9.35. The van der Waals surface area contributed by atoms with Crippen molar-refractivity contribution in [3.8, 4) is 0 Å². The summed E-state index contributed by atoms with van der Waals surface area (Å²) >= 11 is 0. The Morgan fingerprint density at radius 1 is 1.07 bits per heavy atom. The van der Waals surface area contributed by atoms with Gasteiger partial charge in [0.15, 0.2) is 0 Å². The monoisotopic (exact) mass is 399 g/mol. The molecule has 3 rings (SSSR count). The zero-order chi connectivity index (χ0) is 18.6. The lowest BCUT2D eigenvalue weighted by molar-refractivity contribution is -0.136. The zero-order valence-corrected chi connectivity index (χ0v) is 17.7. The van der Waals surface area contributed by atoms with Crippen molar-refractivity contribution in [3.05, 3.63) is 0 Å². The lowest BCUT2D eigenvalue weighted by Gasteiger charge is -2.32. The average Bonchev–Trinajstić information content (AvgIpc) is 3.05. The molecule has 5 nitrogen and oxygen atoms in total. The summed E-state index contributed by atoms with van der Waals surface area (Å²) in [6.07, 6.45) is 11.7. The fourth-order valence-corrected chi connectivity index (χ4v) is 5.06. The van der Waals surface area contributed by atoms with Gasteiger partial charge in [0.2, 0.25) is 11.8 Å². The van der Waals surface area contributed by atoms with Crippen LogP contribution < -0.4 is 11.1 Å². The summed E-state index contributed by atoms with van der Waals surface area (Å²) in [5.41, 5.74) is 5.96. The van der Waals surface area contributed by atoms with E-state index in [1.54, 1.807) is 0 Å². The molecule has 1 saturated heterocycles. The first-order valence-corrected chi connectivity index (χ1v) is 10.8. The van der Waals surface area contributed by atoms with Gasteiger partial charge in [0.25, 0.3) is 0 Å². The number of carbonyl (C=O) groups is 2. The fraction of sp³-hybridized carbons (Fsp3) is 0.905. The highest BCUT2D eigenvalue weighted by molar-refractivity contribution is 5.85. The molecule has 0 spiro atoms. The van der Waals surface area contributed by atoms with Gasteiger partial charge in [-0.2, -0.15) is 0 Å². The van der Waals surface area contributed by atoms with Crippen molar-refractivity contribution in [1.29, 1.82) is 0 Å². The first kappa shape index (κ1) is 22.5. The van der Waals surface area contributed by atoms with Crippen LogP contribution in [0.4, 0.5) is 0 Å². The Kier molecular flexibility index (Phi) is 8.41. The lowest BCUT2D eigenvalue weighted by Crippen LogP contribution is -2.43. The first-order chi connectivity index (χ1) is 12.5. The molecule has 1 atom stereocenters. The summed E-state index contributed by atoms with van der Waals surface area (Å²) in [7, 11) is 0. The number of nitrogens with zero attached hydrogens (tertiary/aromatic N) is 1. The van der Waals surface area contributed by atoms with Crippen molar-refractivity contribution in [2.45, 2.75) is 83.6 Å². The van der Waals surface area contributed by atoms with E-state index in [4.69, 9.17) is 5.73 Å². The maximum absolute atomic E-state index is 12.8. The largest absolute Gasteiger partial charge is 0.353 e. The Hall–Kier alpha value is -0.810. The molecule has 2 amide bonds. The van der Waals surface area contributed by atoms with E-state index in [9.17, 15) is 9.59 Å². The van der Waals surface area contributed by atoms with Crippen LogP contribution in [0.3, 0.4) is 0 Å². The minimum absolute atomic E-state index is 0. The molecule has 2 saturated carbocycles. The second kappa shape index (κ2) is 10.1. The number of nitrogens with two attached hydrogens (primary N) is 1. The van der Waals surface area contributed by atoms with Crippen LogP contribution in [0.1, 0.15) is 77.6 Å². The normalized spacial score (nSPS) is 32.0. The Bertz CT molecular complexity index is 502. The highest BCUT2D eigenvalue weighted by Crippen LogP contribution is 2.33. The van der Waals surface area contributed by atoms with Crippen LogP contribution in [0.2, 0.25) is 0 Å². The highest BCUT2D eigenvalue weighted by atomic mass is 35.5. The molecule has 3 fully saturated rings. The molecule has 0 aromatic carbocycles. The minimum Gasteiger partial charge on any atom is -0.353 e. The Balaban J connectivity index is 0.00000261. The Morgan fingerprint density at radius 2 is 1.74 bits per heavy atom. The maximum atomic E-state index is 12.8. The van der Waals surface area contributed by atoms with Gasteiger partial charge < -0.3 is 16.0 Å². The van der Waals surface area contributed by atoms with Crippen molar-refractivity contribution in [2.75, 3.05) is 19.6 Å². The maximum Gasteiger partial charge on any atom is 0.225 e. The van der Waals surface area contributed by atoms with E-state index in [0.29, 0.717) is 24.8 Å². The summed E-state index contributed by atoms with van der Waals surface area (Å²) in [6, 6.07) is 0.267. The summed E-state index contributed by atoms with van der Waals surface area (Å²) in [4.78, 5) is 27.1. The molecule has 1 heterocycles. The summed E-state index contributed by atoms with van der Waals surface area (Å²) < 4.78 is 0. The van der Waals surface area contributed by atoms with E-state index >= 15 is 0 Å². The van der Waals surface area contributed by atoms with Gasteiger partial charge in [-0.1, -0.05) is 26.2 Å². The first-order valence-electron chi connectivity index (χ1n) is 10.8. The molecule has 2 aliphatic carbocycles. The van der Waals surface area contributed by atoms with Crippen molar-refractivity contribution in [2.24, 2.45) is 23.0 Å². The molecule has 0 aromatic rings. The van der Waals surface area contributed by atoms with Crippen molar-refractivity contribution in [1.82, 2.24) is 10.2 Å². The molecule has 156 valence electrons. The van der Waals surface area contributed by atoms with Crippen LogP contribution in [-0.4, -0.2) is 42.4 Å². The van der Waals surface area contributed by atoms with Crippen LogP contribution >= 0.6 is 12.4 Å². The van der Waals surface area contributed by atoms with Gasteiger partial charge in [-0.25, -0.2) is 0 Å². The third-order valence-electron chi connectivity index (χ3n) is 7.00. The number of halogens is 1. The molecule has 0 bridgehead atoms. The number of rotatable bonds is 5. The SMILES string of the molecule is CC1(CN)CCN(C(=O)C2CCC(NC(=O)CC3CCCCC3)CC2)C1.Cl. The van der Waals surface area contributed by atoms with Gasteiger partial charge >= 0.3 is 0 Å². The summed E-state index contributed by atoms with van der Waals surface area (Å²) in [6.45, 7) is 4.49. The fourth-order valence-electron chi connectivity index (χ4n) is 5.06. The van der Waals surface area contributed by atoms with Gasteiger partial charge in [0.1, 0.15) is 0 Å². The molecule has 1 aliphatic heterocycles. The average molecular weight is 400 g/mol. The molecule has 6 heteroatoms. The minimum atomic E-state index is 0. The number of likely N-dealkylation sites (tertiary alicyclic amines) is 1. The van der Waals surface area contributed by atoms with E-state index in [0.717, 1.165) is 45.2 Å². The number of carbonyl (C=O) groups excluding carboxylic acids is 2. The van der Waals surface area contributed by atoms with E-state index < -0.39 is 0 Å². The van der Waals surface area contributed by atoms with E-state index in [2.05, 4.69) is 12.2 Å². The molecule has 0 radical (unpaired) electrons. The second-order valence-electron chi connectivity index (χ2n) is 9.35. The van der Waals surface area contributed by atoms with Gasteiger partial charge in [0.05, 0.1) is 0 Å². The van der Waals surface area contributed by atoms with Gasteiger partial charge in [-0.05, 0) is 62.8 Å². The molecule has 1 unspecified atom stereocenters. The van der Waals surface area contributed by atoms with Crippen LogP contribution in [0.5, 0.6) is 0 Å². The number of hydrogen-bond acceptors (Lipinski definition) is 3. The molecule has 3 N–H and O–H groups in total. The Labute approximate surface area is 170 Å². The quantitative estimate of drug-likeness (QED) is 0.745. The van der Waals surface area contributed by atoms with Gasteiger partial charge in [-0.3, -0.25) is 9.59 Å². The van der Waals surface area contributed by atoms with Crippen molar-refractivity contribution >= 4 is 24.2 Å². The molecule has 27 heavy (non-hydrogen) atoms. The summed E-state index contributed by atoms with van der Waals surface area (Å²) in [5, 5.41) is 3.24. The third kappa shape index (κ3) is 6.08. The molecular weight excluding hydrogens is 362 g/mol. The van der Waals surface area contributed by atoms with E-state index in [1.807, 2.05) is 4.90 Å². The van der Waals surface area contributed by atoms with Crippen LogP contribution in [0.15, 0.2) is 0 Å². The third-order valence-corrected chi connectivity index (χ3v) is 7.00. The number of hydrogen-bond donors (Lipinski definition) is 2. The predicted molar refractivity (Wildman–Crippen MR) is 111 cm³/mol. The van der Waals surface area contributed by atoms with E-state index in [1.165, 1.54) is 32.1 Å². The van der Waals surface area contributed by atoms with E-state index in [-0.39, 0.29) is 35.7 Å². The summed E-state index contributed by atoms with van der Waals surface area (Å²) in [5.74, 6) is 1.27. The van der Waals surface area contributed by atoms with Gasteiger partial charge in [-0.15, -0.1) is 12.4 Å². The molecular formula is C21H38ClN3O2. The van der Waals surface area contributed by atoms with Crippen molar-refractivity contribution < 1.29 is 9.59 Å². The smallest absolute Gasteiger partial charge is 0.225 e. The number of nitrogens with one attached hydrogen (secondary N) is 1. The Morgan fingerprint density at radius 3 is 2.33 bits per heavy atom. The van der Waals surface area contributed by atoms with Crippen LogP contribution in [0, 0.1) is 17.3 Å². The topological polar surface area (TPSA) is 75.4 Å². The van der Waals surface area contributed by atoms with Crippen molar-refractivity contribution in [3.63, 3.8) is 0 Å². The predicted octanol–water partition coefficient (Wildman–Crippen LogP) is 3.25. The van der Waals surface area contributed by atoms with Gasteiger partial charge in [0, 0.05) is 31.5 Å². The number of amides is 2. The lowest BCUT2D eigenvalue weighted by atomic mass is 9.84. The standard InChI is InChI=1S/C21H37N3O2.ClH/c1-21(14-22)11-12-24(15-21)20(26)17-7-9-18(10-8-17)23-19(25)13-16-5-3-2-4-6-16;/h16-18H,2-15,22H2,1H3,(H,23,25);1H. The molecule has 3 aliphatic rings. The van der Waals surface area contributed by atoms with Crippen LogP contribution in [-0.2, 0) is 9.59 Å². The van der Waals surface area contributed by atoms with Crippen LogP contribution in [0.25, 0.3) is 0 Å². The molecule has 0 aromatic heterocycles. The highest BCUT2D eigenvalue weighted by Gasteiger charge is 2.38.